The lowest BCUT2D eigenvalue weighted by Gasteiger charge is -2.28. The van der Waals surface area contributed by atoms with E-state index in [0.717, 1.165) is 13.1 Å². The summed E-state index contributed by atoms with van der Waals surface area (Å²) < 4.78 is 38.6. The predicted molar refractivity (Wildman–Crippen MR) is 109 cm³/mol. The monoisotopic (exact) mass is 506 g/mol. The molecule has 3 aromatic rings. The minimum atomic E-state index is -5.08. The number of amides is 1. The lowest BCUT2D eigenvalue weighted by molar-refractivity contribution is -0.192. The summed E-state index contributed by atoms with van der Waals surface area (Å²) in [5.41, 5.74) is 1.06. The van der Waals surface area contributed by atoms with Gasteiger partial charge in [0.05, 0.1) is 17.6 Å². The van der Waals surface area contributed by atoms with Gasteiger partial charge >= 0.3 is 12.1 Å². The molecule has 0 spiro atoms. The van der Waals surface area contributed by atoms with E-state index in [9.17, 15) is 18.0 Å². The van der Waals surface area contributed by atoms with Crippen molar-refractivity contribution < 1.29 is 32.4 Å². The molecule has 0 unspecified atom stereocenters. The smallest absolute Gasteiger partial charge is 0.475 e. The van der Waals surface area contributed by atoms with Gasteiger partial charge in [-0.05, 0) is 24.3 Å². The molecule has 3 N–H and O–H groups in total. The zero-order valence-electron chi connectivity index (χ0n) is 16.4. The number of nitrogens with one attached hydrogen (secondary N) is 2. The van der Waals surface area contributed by atoms with Gasteiger partial charge in [-0.1, -0.05) is 28.4 Å². The van der Waals surface area contributed by atoms with Gasteiger partial charge in [-0.25, -0.2) is 4.79 Å². The number of rotatable bonds is 5. The van der Waals surface area contributed by atoms with Gasteiger partial charge in [-0.2, -0.15) is 23.3 Å². The van der Waals surface area contributed by atoms with Gasteiger partial charge in [-0.15, -0.1) is 0 Å². The van der Waals surface area contributed by atoms with Gasteiger partial charge in [0, 0.05) is 29.9 Å². The molecule has 1 aromatic carbocycles. The first-order chi connectivity index (χ1) is 15.6. The molecule has 176 valence electrons. The van der Waals surface area contributed by atoms with E-state index in [0.29, 0.717) is 27.1 Å². The molecule has 0 bridgehead atoms. The van der Waals surface area contributed by atoms with E-state index in [4.69, 9.17) is 37.6 Å². The van der Waals surface area contributed by atoms with E-state index >= 15 is 0 Å². The summed E-state index contributed by atoms with van der Waals surface area (Å²) in [7, 11) is 0. The van der Waals surface area contributed by atoms with Gasteiger partial charge < -0.3 is 20.3 Å². The number of hydrogen-bond acceptors (Lipinski definition) is 7. The van der Waals surface area contributed by atoms with Crippen LogP contribution in [-0.2, 0) is 11.3 Å². The first kappa shape index (κ1) is 24.5. The Morgan fingerprint density at radius 3 is 2.58 bits per heavy atom. The molecule has 15 heteroatoms. The van der Waals surface area contributed by atoms with Crippen LogP contribution in [0, 0.1) is 0 Å². The number of alkyl halides is 3. The molecule has 3 heterocycles. The number of nitrogens with zero attached hydrogens (tertiary/aromatic N) is 4. The Morgan fingerprint density at radius 1 is 1.27 bits per heavy atom. The van der Waals surface area contributed by atoms with Crippen LogP contribution in [0.15, 0.2) is 35.0 Å². The molecule has 0 atom stereocenters. The first-order valence-corrected chi connectivity index (χ1v) is 9.92. The van der Waals surface area contributed by atoms with Gasteiger partial charge in [0.25, 0.3) is 5.91 Å². The third-order valence-corrected chi connectivity index (χ3v) is 4.85. The highest BCUT2D eigenvalue weighted by Crippen LogP contribution is 2.28. The molecule has 4 rings (SSSR count). The van der Waals surface area contributed by atoms with Crippen LogP contribution >= 0.6 is 23.2 Å². The number of halogens is 5. The fourth-order valence-corrected chi connectivity index (χ4v) is 2.96. The van der Waals surface area contributed by atoms with E-state index in [1.807, 2.05) is 0 Å². The highest BCUT2D eigenvalue weighted by molar-refractivity contribution is 6.35. The van der Waals surface area contributed by atoms with E-state index in [2.05, 4.69) is 25.9 Å². The van der Waals surface area contributed by atoms with E-state index in [-0.39, 0.29) is 24.4 Å². The normalized spacial score (nSPS) is 13.6. The minimum absolute atomic E-state index is 0.0954. The van der Waals surface area contributed by atoms with Crippen molar-refractivity contribution in [2.24, 2.45) is 0 Å². The minimum Gasteiger partial charge on any atom is -0.475 e. The Balaban J connectivity index is 0.000000383. The van der Waals surface area contributed by atoms with Gasteiger partial charge in [0.15, 0.2) is 0 Å². The molecule has 0 saturated carbocycles. The van der Waals surface area contributed by atoms with Crippen molar-refractivity contribution in [3.05, 3.63) is 52.1 Å². The van der Waals surface area contributed by atoms with Crippen molar-refractivity contribution >= 4 is 35.1 Å². The van der Waals surface area contributed by atoms with Crippen LogP contribution in [0.5, 0.6) is 0 Å². The molecule has 1 aliphatic rings. The van der Waals surface area contributed by atoms with Crippen molar-refractivity contribution in [2.45, 2.75) is 18.8 Å². The maximum atomic E-state index is 12.4. The quantitative estimate of drug-likeness (QED) is 0.480. The zero-order valence-corrected chi connectivity index (χ0v) is 17.9. The molecular weight excluding hydrogens is 492 g/mol. The number of aliphatic carboxylic acids is 1. The average Bonchev–Trinajstić information content (AvgIpc) is 3.36. The molecule has 0 radical (unpaired) electrons. The summed E-state index contributed by atoms with van der Waals surface area (Å²) in [6, 6.07) is 6.87. The molecule has 0 aliphatic carbocycles. The summed E-state index contributed by atoms with van der Waals surface area (Å²) in [6.07, 6.45) is -3.47. The SMILES string of the molecule is O=C(NCc1nc(-c2cc(Cl)ccc2Cl)no1)c1ccnn1C1CNC1.O=C(O)C(F)(F)F. The van der Waals surface area contributed by atoms with Crippen molar-refractivity contribution in [3.8, 4) is 11.4 Å². The Hall–Kier alpha value is -3.16. The van der Waals surface area contributed by atoms with Crippen molar-refractivity contribution in [3.63, 3.8) is 0 Å². The lowest BCUT2D eigenvalue weighted by atomic mass is 10.2. The maximum absolute atomic E-state index is 12.4. The van der Waals surface area contributed by atoms with Crippen LogP contribution in [0.25, 0.3) is 11.4 Å². The number of benzene rings is 1. The van der Waals surface area contributed by atoms with Gasteiger partial charge in [-0.3, -0.25) is 9.48 Å². The summed E-state index contributed by atoms with van der Waals surface area (Å²) >= 11 is 12.1. The van der Waals surface area contributed by atoms with E-state index < -0.39 is 12.1 Å². The van der Waals surface area contributed by atoms with Crippen molar-refractivity contribution in [2.75, 3.05) is 13.1 Å². The number of hydrogen-bond donors (Lipinski definition) is 3. The van der Waals surface area contributed by atoms with Crippen LogP contribution in [0.1, 0.15) is 22.4 Å². The summed E-state index contributed by atoms with van der Waals surface area (Å²) in [5, 5.41) is 22.1. The lowest BCUT2D eigenvalue weighted by Crippen LogP contribution is -2.45. The second-order valence-corrected chi connectivity index (χ2v) is 7.44. The van der Waals surface area contributed by atoms with E-state index in [1.54, 1.807) is 35.1 Å². The van der Waals surface area contributed by atoms with Gasteiger partial charge in [0.2, 0.25) is 11.7 Å². The predicted octanol–water partition coefficient (Wildman–Crippen LogP) is 2.95. The molecular formula is C18H15Cl2F3N6O4. The Kier molecular flexibility index (Phi) is 7.56. The molecule has 33 heavy (non-hydrogen) atoms. The topological polar surface area (TPSA) is 135 Å². The van der Waals surface area contributed by atoms with Crippen LogP contribution in [-0.4, -0.2) is 56.2 Å². The molecule has 10 nitrogen and oxygen atoms in total. The standard InChI is InChI=1S/C16H14Cl2N6O2.C2HF3O2/c17-9-1-2-12(18)11(5-9)15-22-14(26-23-15)8-20-16(25)13-3-4-21-24(13)10-6-19-7-10;3-2(4,5)1(6)7/h1-5,10,19H,6-8H2,(H,20,25);(H,6,7). The molecule has 1 fully saturated rings. The number of carbonyl (C=O) groups is 2. The number of carbonyl (C=O) groups excluding carboxylic acids is 1. The highest BCUT2D eigenvalue weighted by Gasteiger charge is 2.38. The highest BCUT2D eigenvalue weighted by atomic mass is 35.5. The summed E-state index contributed by atoms with van der Waals surface area (Å²) in [5.74, 6) is -2.43. The average molecular weight is 507 g/mol. The first-order valence-electron chi connectivity index (χ1n) is 9.17. The number of carboxylic acids is 1. The van der Waals surface area contributed by atoms with Crippen molar-refractivity contribution in [1.82, 2.24) is 30.6 Å². The Bertz CT molecular complexity index is 1150. The van der Waals surface area contributed by atoms with Crippen LogP contribution in [0.3, 0.4) is 0 Å². The van der Waals surface area contributed by atoms with Crippen LogP contribution in [0.4, 0.5) is 13.2 Å². The second kappa shape index (κ2) is 10.2. The second-order valence-electron chi connectivity index (χ2n) is 6.59. The largest absolute Gasteiger partial charge is 0.490 e. The third-order valence-electron chi connectivity index (χ3n) is 4.29. The molecule has 1 aliphatic heterocycles. The van der Waals surface area contributed by atoms with Crippen LogP contribution < -0.4 is 10.6 Å². The Morgan fingerprint density at radius 2 is 1.97 bits per heavy atom. The Labute approximate surface area is 193 Å². The number of carboxylic acid groups (broad SMARTS) is 1. The van der Waals surface area contributed by atoms with Gasteiger partial charge in [0.1, 0.15) is 5.69 Å². The molecule has 1 saturated heterocycles. The molecule has 1 amide bonds. The fourth-order valence-electron chi connectivity index (χ4n) is 2.58. The van der Waals surface area contributed by atoms with E-state index in [1.165, 1.54) is 0 Å². The maximum Gasteiger partial charge on any atom is 0.490 e. The molecule has 2 aromatic heterocycles. The third kappa shape index (κ3) is 6.21. The van der Waals surface area contributed by atoms with Crippen molar-refractivity contribution in [1.29, 1.82) is 0 Å². The summed E-state index contributed by atoms with van der Waals surface area (Å²) in [6.45, 7) is 1.70. The number of aromatic nitrogens is 4. The summed E-state index contributed by atoms with van der Waals surface area (Å²) in [4.78, 5) is 25.5. The van der Waals surface area contributed by atoms with Crippen LogP contribution in [0.2, 0.25) is 10.0 Å². The zero-order chi connectivity index (χ0) is 24.2. The fraction of sp³-hybridized carbons (Fsp3) is 0.278.